The number of carbonyl (C=O) groups excluding carboxylic acids is 2. The number of likely N-dealkylation sites (N-methyl/N-ethyl adjacent to an activating group) is 1. The first-order valence-corrected chi connectivity index (χ1v) is 12.6. The zero-order chi connectivity index (χ0) is 23.0. The van der Waals surface area contributed by atoms with Gasteiger partial charge in [0.05, 0.1) is 11.4 Å². The van der Waals surface area contributed by atoms with Crippen molar-refractivity contribution in [2.45, 2.75) is 39.0 Å². The lowest BCUT2D eigenvalue weighted by Crippen LogP contribution is -2.42. The van der Waals surface area contributed by atoms with Gasteiger partial charge in [-0.1, -0.05) is 0 Å². The SMILES string of the molecule is CCN(CC)C(=O)CN1CCCN(S(=O)(=O)c2ccc(C(=O)N(CC)CC)cc2)CC1. The summed E-state index contributed by atoms with van der Waals surface area (Å²) in [5.41, 5.74) is 0.486. The molecule has 2 rings (SSSR count). The van der Waals surface area contributed by atoms with Crippen LogP contribution in [-0.4, -0.2) is 98.1 Å². The van der Waals surface area contributed by atoms with E-state index in [9.17, 15) is 18.0 Å². The number of nitrogens with zero attached hydrogens (tertiary/aromatic N) is 4. The van der Waals surface area contributed by atoms with E-state index in [1.165, 1.54) is 16.4 Å². The number of sulfonamides is 1. The first-order valence-electron chi connectivity index (χ1n) is 11.2. The lowest BCUT2D eigenvalue weighted by Gasteiger charge is -2.25. The average molecular weight is 453 g/mol. The first kappa shape index (κ1) is 25.3. The van der Waals surface area contributed by atoms with Crippen LogP contribution in [0.5, 0.6) is 0 Å². The molecule has 0 bridgehead atoms. The van der Waals surface area contributed by atoms with Crippen LogP contribution in [0.1, 0.15) is 44.5 Å². The third kappa shape index (κ3) is 6.27. The van der Waals surface area contributed by atoms with Crippen LogP contribution in [0.15, 0.2) is 29.2 Å². The van der Waals surface area contributed by atoms with Crippen LogP contribution in [0.3, 0.4) is 0 Å². The van der Waals surface area contributed by atoms with Gasteiger partial charge >= 0.3 is 0 Å². The third-order valence-electron chi connectivity index (χ3n) is 5.81. The molecule has 1 aliphatic heterocycles. The van der Waals surface area contributed by atoms with Crippen LogP contribution in [0, 0.1) is 0 Å². The third-order valence-corrected chi connectivity index (χ3v) is 7.73. The molecule has 174 valence electrons. The standard InChI is InChI=1S/C22H36N4O4S/c1-5-24(6-2)21(27)18-23-14-9-15-26(17-16-23)31(29,30)20-12-10-19(11-13-20)22(28)25(7-3)8-4/h10-13H,5-9,14-18H2,1-4H3. The predicted octanol–water partition coefficient (Wildman–Crippen LogP) is 1.73. The number of hydrogen-bond donors (Lipinski definition) is 0. The van der Waals surface area contributed by atoms with E-state index in [4.69, 9.17) is 0 Å². The minimum absolute atomic E-state index is 0.0785. The van der Waals surface area contributed by atoms with Crippen molar-refractivity contribution in [3.05, 3.63) is 29.8 Å². The van der Waals surface area contributed by atoms with E-state index in [2.05, 4.69) is 0 Å². The number of rotatable bonds is 9. The Labute approximate surface area is 186 Å². The van der Waals surface area contributed by atoms with E-state index in [-0.39, 0.29) is 16.7 Å². The van der Waals surface area contributed by atoms with Gasteiger partial charge in [-0.25, -0.2) is 8.42 Å². The average Bonchev–Trinajstić information content (AvgIpc) is 3.01. The zero-order valence-electron chi connectivity index (χ0n) is 19.2. The Hall–Kier alpha value is -1.97. The van der Waals surface area contributed by atoms with Gasteiger partial charge in [-0.2, -0.15) is 4.31 Å². The van der Waals surface area contributed by atoms with Gasteiger partial charge in [-0.15, -0.1) is 0 Å². The van der Waals surface area contributed by atoms with Crippen molar-refractivity contribution < 1.29 is 18.0 Å². The summed E-state index contributed by atoms with van der Waals surface area (Å²) in [6.45, 7) is 12.6. The van der Waals surface area contributed by atoms with Crippen molar-refractivity contribution >= 4 is 21.8 Å². The lowest BCUT2D eigenvalue weighted by molar-refractivity contribution is -0.132. The molecule has 31 heavy (non-hydrogen) atoms. The Morgan fingerprint density at radius 1 is 0.839 bits per heavy atom. The molecule has 1 aromatic rings. The summed E-state index contributed by atoms with van der Waals surface area (Å²) in [7, 11) is -3.65. The summed E-state index contributed by atoms with van der Waals surface area (Å²) >= 11 is 0. The highest BCUT2D eigenvalue weighted by atomic mass is 32.2. The van der Waals surface area contributed by atoms with Crippen LogP contribution in [0.25, 0.3) is 0 Å². The molecule has 0 saturated carbocycles. The van der Waals surface area contributed by atoms with Crippen molar-refractivity contribution in [2.75, 3.05) is 58.9 Å². The van der Waals surface area contributed by atoms with E-state index >= 15 is 0 Å². The van der Waals surface area contributed by atoms with Gasteiger partial charge in [0.1, 0.15) is 0 Å². The summed E-state index contributed by atoms with van der Waals surface area (Å²) in [5.74, 6) is -0.0213. The Balaban J connectivity index is 2.05. The second kappa shape index (κ2) is 11.6. The van der Waals surface area contributed by atoms with E-state index in [1.807, 2.05) is 32.6 Å². The number of benzene rings is 1. The summed E-state index contributed by atoms with van der Waals surface area (Å²) < 4.78 is 27.8. The van der Waals surface area contributed by atoms with Gasteiger partial charge in [0, 0.05) is 51.4 Å². The van der Waals surface area contributed by atoms with Crippen molar-refractivity contribution in [1.82, 2.24) is 19.0 Å². The van der Waals surface area contributed by atoms with Gasteiger partial charge in [-0.05, 0) is 64.9 Å². The monoisotopic (exact) mass is 452 g/mol. The minimum Gasteiger partial charge on any atom is -0.342 e. The maximum absolute atomic E-state index is 13.1. The second-order valence-electron chi connectivity index (χ2n) is 7.60. The smallest absolute Gasteiger partial charge is 0.253 e. The molecule has 0 radical (unpaired) electrons. The molecule has 1 saturated heterocycles. The maximum Gasteiger partial charge on any atom is 0.253 e. The largest absolute Gasteiger partial charge is 0.342 e. The van der Waals surface area contributed by atoms with Gasteiger partial charge in [0.2, 0.25) is 15.9 Å². The van der Waals surface area contributed by atoms with Crippen LogP contribution < -0.4 is 0 Å². The minimum atomic E-state index is -3.65. The van der Waals surface area contributed by atoms with E-state index in [0.29, 0.717) is 70.9 Å². The van der Waals surface area contributed by atoms with Crippen molar-refractivity contribution in [1.29, 1.82) is 0 Å². The van der Waals surface area contributed by atoms with Crippen LogP contribution in [-0.2, 0) is 14.8 Å². The summed E-state index contributed by atoms with van der Waals surface area (Å²) in [6, 6.07) is 6.19. The molecule has 1 aromatic carbocycles. The molecular formula is C22H36N4O4S. The normalized spacial score (nSPS) is 16.0. The Bertz CT molecular complexity index is 834. The molecule has 0 unspecified atom stereocenters. The number of hydrogen-bond acceptors (Lipinski definition) is 5. The van der Waals surface area contributed by atoms with Crippen LogP contribution in [0.2, 0.25) is 0 Å². The summed E-state index contributed by atoms with van der Waals surface area (Å²) in [6.07, 6.45) is 0.670. The Morgan fingerprint density at radius 2 is 1.42 bits per heavy atom. The quantitative estimate of drug-likeness (QED) is 0.570. The van der Waals surface area contributed by atoms with E-state index in [0.717, 1.165) is 0 Å². The predicted molar refractivity (Wildman–Crippen MR) is 121 cm³/mol. The molecule has 1 fully saturated rings. The fraction of sp³-hybridized carbons (Fsp3) is 0.636. The second-order valence-corrected chi connectivity index (χ2v) is 9.54. The molecule has 0 aromatic heterocycles. The van der Waals surface area contributed by atoms with Gasteiger partial charge in [0.15, 0.2) is 0 Å². The number of carbonyl (C=O) groups is 2. The van der Waals surface area contributed by atoms with Crippen LogP contribution >= 0.6 is 0 Å². The summed E-state index contributed by atoms with van der Waals surface area (Å²) in [5, 5.41) is 0. The Morgan fingerprint density at radius 3 is 1.97 bits per heavy atom. The highest BCUT2D eigenvalue weighted by Gasteiger charge is 2.28. The van der Waals surface area contributed by atoms with Crippen molar-refractivity contribution in [3.63, 3.8) is 0 Å². The fourth-order valence-electron chi connectivity index (χ4n) is 3.83. The molecule has 0 spiro atoms. The fourth-order valence-corrected chi connectivity index (χ4v) is 5.29. The van der Waals surface area contributed by atoms with E-state index in [1.54, 1.807) is 21.9 Å². The van der Waals surface area contributed by atoms with Gasteiger partial charge in [-0.3, -0.25) is 14.5 Å². The van der Waals surface area contributed by atoms with Crippen molar-refractivity contribution in [3.8, 4) is 0 Å². The first-order chi connectivity index (χ1) is 14.8. The molecule has 1 aliphatic rings. The Kier molecular flexibility index (Phi) is 9.46. The van der Waals surface area contributed by atoms with E-state index < -0.39 is 10.0 Å². The highest BCUT2D eigenvalue weighted by molar-refractivity contribution is 7.89. The molecule has 0 atom stereocenters. The lowest BCUT2D eigenvalue weighted by atomic mass is 10.2. The molecule has 9 heteroatoms. The molecule has 1 heterocycles. The molecular weight excluding hydrogens is 416 g/mol. The topological polar surface area (TPSA) is 81.2 Å². The molecule has 0 N–H and O–H groups in total. The number of amides is 2. The molecule has 0 aliphatic carbocycles. The molecule has 2 amide bonds. The van der Waals surface area contributed by atoms with Gasteiger partial charge in [0.25, 0.3) is 5.91 Å². The maximum atomic E-state index is 13.1. The summed E-state index contributed by atoms with van der Waals surface area (Å²) in [4.78, 5) is 30.6. The molecule has 8 nitrogen and oxygen atoms in total. The van der Waals surface area contributed by atoms with Crippen molar-refractivity contribution in [2.24, 2.45) is 0 Å². The van der Waals surface area contributed by atoms with Crippen LogP contribution in [0.4, 0.5) is 0 Å². The zero-order valence-corrected chi connectivity index (χ0v) is 20.0. The highest BCUT2D eigenvalue weighted by Crippen LogP contribution is 2.19. The van der Waals surface area contributed by atoms with Gasteiger partial charge < -0.3 is 9.80 Å².